The highest BCUT2D eigenvalue weighted by atomic mass is 32.1. The molecule has 3 aromatic heterocycles. The number of rotatable bonds is 4. The fourth-order valence-corrected chi connectivity index (χ4v) is 3.39. The Kier molecular flexibility index (Phi) is 3.50. The van der Waals surface area contributed by atoms with Crippen LogP contribution in [0.4, 0.5) is 5.13 Å². The van der Waals surface area contributed by atoms with E-state index in [0.717, 1.165) is 0 Å². The van der Waals surface area contributed by atoms with Crippen molar-refractivity contribution < 1.29 is 23.5 Å². The van der Waals surface area contributed by atoms with Crippen molar-refractivity contribution in [2.45, 2.75) is 13.0 Å². The SMILES string of the molecule is Cc1nnc(N2C(=O)C(O)=C(C(=O)c3ccco3)[C@@H]2c2ccco2)s1. The molecule has 1 N–H and O–H groups in total. The van der Waals surface area contributed by atoms with E-state index in [4.69, 9.17) is 8.83 Å². The molecule has 0 radical (unpaired) electrons. The van der Waals surface area contributed by atoms with E-state index in [1.165, 1.54) is 34.8 Å². The predicted molar refractivity (Wildman–Crippen MR) is 86.3 cm³/mol. The van der Waals surface area contributed by atoms with Gasteiger partial charge in [0.05, 0.1) is 18.1 Å². The third-order valence-corrected chi connectivity index (χ3v) is 4.57. The van der Waals surface area contributed by atoms with Crippen LogP contribution >= 0.6 is 11.3 Å². The molecule has 1 amide bonds. The predicted octanol–water partition coefficient (Wildman–Crippen LogP) is 2.82. The molecule has 8 nitrogen and oxygen atoms in total. The number of aromatic nitrogens is 2. The third kappa shape index (κ3) is 2.36. The number of aliphatic hydroxyl groups is 1. The number of aryl methyl sites for hydroxylation is 1. The summed E-state index contributed by atoms with van der Waals surface area (Å²) >= 11 is 1.17. The lowest BCUT2D eigenvalue weighted by Gasteiger charge is -2.21. The van der Waals surface area contributed by atoms with Crippen molar-refractivity contribution in [1.29, 1.82) is 0 Å². The highest BCUT2D eigenvalue weighted by molar-refractivity contribution is 7.15. The van der Waals surface area contributed by atoms with E-state index in [2.05, 4.69) is 10.2 Å². The molecule has 3 aromatic rings. The Morgan fingerprint density at radius 3 is 2.60 bits per heavy atom. The first-order chi connectivity index (χ1) is 12.1. The number of Topliss-reactive ketones (excluding diaryl/α,β-unsaturated/α-hetero) is 1. The summed E-state index contributed by atoms with van der Waals surface area (Å²) in [6.07, 6.45) is 2.77. The quantitative estimate of drug-likeness (QED) is 0.715. The number of ketones is 1. The van der Waals surface area contributed by atoms with Crippen LogP contribution in [0.2, 0.25) is 0 Å². The molecule has 1 aliphatic rings. The molecule has 126 valence electrons. The number of amides is 1. The lowest BCUT2D eigenvalue weighted by atomic mass is 10.00. The molecule has 4 heterocycles. The average Bonchev–Trinajstić information content (AvgIpc) is 3.36. The molecule has 0 saturated heterocycles. The van der Waals surface area contributed by atoms with Gasteiger partial charge in [0.2, 0.25) is 10.9 Å². The molecule has 0 fully saturated rings. The van der Waals surface area contributed by atoms with Crippen LogP contribution in [-0.2, 0) is 4.79 Å². The zero-order valence-electron chi connectivity index (χ0n) is 12.9. The molecule has 0 bridgehead atoms. The van der Waals surface area contributed by atoms with Crippen molar-refractivity contribution in [1.82, 2.24) is 10.2 Å². The van der Waals surface area contributed by atoms with Crippen molar-refractivity contribution in [3.8, 4) is 0 Å². The van der Waals surface area contributed by atoms with Gasteiger partial charge in [-0.15, -0.1) is 10.2 Å². The maximum atomic E-state index is 12.8. The van der Waals surface area contributed by atoms with Gasteiger partial charge in [0, 0.05) is 0 Å². The van der Waals surface area contributed by atoms with E-state index in [9.17, 15) is 14.7 Å². The maximum absolute atomic E-state index is 12.8. The summed E-state index contributed by atoms with van der Waals surface area (Å²) in [5.74, 6) is -1.66. The molecule has 0 spiro atoms. The summed E-state index contributed by atoms with van der Waals surface area (Å²) in [7, 11) is 0. The number of aliphatic hydroxyl groups excluding tert-OH is 1. The molecule has 0 aromatic carbocycles. The Bertz CT molecular complexity index is 972. The number of nitrogens with zero attached hydrogens (tertiary/aromatic N) is 3. The Morgan fingerprint density at radius 1 is 1.24 bits per heavy atom. The molecule has 0 unspecified atom stereocenters. The minimum Gasteiger partial charge on any atom is -0.503 e. The topological polar surface area (TPSA) is 110 Å². The summed E-state index contributed by atoms with van der Waals surface area (Å²) in [4.78, 5) is 26.6. The molecule has 0 saturated carbocycles. The van der Waals surface area contributed by atoms with Gasteiger partial charge in [0.1, 0.15) is 16.8 Å². The Balaban J connectivity index is 1.86. The molecular weight excluding hydrogens is 346 g/mol. The Hall–Kier alpha value is -3.20. The average molecular weight is 357 g/mol. The van der Waals surface area contributed by atoms with Crippen molar-refractivity contribution in [2.75, 3.05) is 4.90 Å². The van der Waals surface area contributed by atoms with Crippen LogP contribution in [0.25, 0.3) is 0 Å². The monoisotopic (exact) mass is 357 g/mol. The number of carbonyl (C=O) groups excluding carboxylic acids is 2. The van der Waals surface area contributed by atoms with Crippen LogP contribution in [0.1, 0.15) is 27.4 Å². The van der Waals surface area contributed by atoms with Gasteiger partial charge in [-0.3, -0.25) is 14.5 Å². The van der Waals surface area contributed by atoms with Gasteiger partial charge in [-0.2, -0.15) is 0 Å². The molecular formula is C16H11N3O5S. The van der Waals surface area contributed by atoms with Crippen LogP contribution in [-0.4, -0.2) is 27.0 Å². The maximum Gasteiger partial charge on any atom is 0.296 e. The number of anilines is 1. The molecule has 4 rings (SSSR count). The standard InChI is InChI=1S/C16H11N3O5S/c1-8-17-18-16(25-8)19-12(9-4-2-6-23-9)11(14(21)15(19)22)13(20)10-5-3-7-24-10/h2-7,12,21H,1H3/t12-/m0/s1. The van der Waals surface area contributed by atoms with Gasteiger partial charge in [-0.25, -0.2) is 0 Å². The number of carbonyl (C=O) groups is 2. The van der Waals surface area contributed by atoms with Gasteiger partial charge in [-0.05, 0) is 31.2 Å². The minimum absolute atomic E-state index is 0.0150. The van der Waals surface area contributed by atoms with Crippen LogP contribution < -0.4 is 4.90 Å². The first-order valence-corrected chi connectivity index (χ1v) is 8.08. The van der Waals surface area contributed by atoms with Gasteiger partial charge in [0.15, 0.2) is 11.5 Å². The van der Waals surface area contributed by atoms with E-state index in [-0.39, 0.29) is 16.5 Å². The zero-order valence-corrected chi connectivity index (χ0v) is 13.7. The zero-order chi connectivity index (χ0) is 17.6. The smallest absolute Gasteiger partial charge is 0.296 e. The molecule has 25 heavy (non-hydrogen) atoms. The summed E-state index contributed by atoms with van der Waals surface area (Å²) in [6, 6.07) is 5.31. The van der Waals surface area contributed by atoms with Crippen molar-refractivity contribution in [3.05, 3.63) is 64.7 Å². The summed E-state index contributed by atoms with van der Waals surface area (Å²) in [5.41, 5.74) is -0.122. The number of hydrogen-bond donors (Lipinski definition) is 1. The molecule has 1 aliphatic heterocycles. The van der Waals surface area contributed by atoms with Gasteiger partial charge in [-0.1, -0.05) is 11.3 Å². The number of furan rings is 2. The second-order valence-corrected chi connectivity index (χ2v) is 6.43. The van der Waals surface area contributed by atoms with Crippen molar-refractivity contribution in [2.24, 2.45) is 0 Å². The van der Waals surface area contributed by atoms with E-state index in [0.29, 0.717) is 10.8 Å². The third-order valence-electron chi connectivity index (χ3n) is 3.73. The lowest BCUT2D eigenvalue weighted by molar-refractivity contribution is -0.117. The van der Waals surface area contributed by atoms with Crippen LogP contribution in [0, 0.1) is 6.92 Å². The van der Waals surface area contributed by atoms with Gasteiger partial charge < -0.3 is 13.9 Å². The van der Waals surface area contributed by atoms with Gasteiger partial charge in [0.25, 0.3) is 5.91 Å². The van der Waals surface area contributed by atoms with Crippen LogP contribution in [0.15, 0.2) is 57.0 Å². The van der Waals surface area contributed by atoms with Gasteiger partial charge >= 0.3 is 0 Å². The fourth-order valence-electron chi connectivity index (χ4n) is 2.67. The Labute approximate surface area is 145 Å². The molecule has 0 aliphatic carbocycles. The van der Waals surface area contributed by atoms with Crippen molar-refractivity contribution >= 4 is 28.2 Å². The van der Waals surface area contributed by atoms with E-state index in [1.54, 1.807) is 25.1 Å². The first-order valence-electron chi connectivity index (χ1n) is 7.26. The highest BCUT2D eigenvalue weighted by Crippen LogP contribution is 2.42. The first kappa shape index (κ1) is 15.3. The second kappa shape index (κ2) is 5.71. The minimum atomic E-state index is -0.951. The number of hydrogen-bond acceptors (Lipinski definition) is 8. The summed E-state index contributed by atoms with van der Waals surface area (Å²) < 4.78 is 10.5. The molecule has 9 heteroatoms. The normalized spacial score (nSPS) is 17.6. The second-order valence-electron chi connectivity index (χ2n) is 5.27. The Morgan fingerprint density at radius 2 is 2.00 bits per heavy atom. The lowest BCUT2D eigenvalue weighted by Crippen LogP contribution is -2.30. The summed E-state index contributed by atoms with van der Waals surface area (Å²) in [5, 5.41) is 19.1. The van der Waals surface area contributed by atoms with Crippen molar-refractivity contribution in [3.63, 3.8) is 0 Å². The van der Waals surface area contributed by atoms with Crippen LogP contribution in [0.5, 0.6) is 0 Å². The van der Waals surface area contributed by atoms with Crippen LogP contribution in [0.3, 0.4) is 0 Å². The fraction of sp³-hybridized carbons (Fsp3) is 0.125. The van der Waals surface area contributed by atoms with E-state index >= 15 is 0 Å². The molecule has 1 atom stereocenters. The highest BCUT2D eigenvalue weighted by Gasteiger charge is 2.47. The summed E-state index contributed by atoms with van der Waals surface area (Å²) in [6.45, 7) is 1.74. The van der Waals surface area contributed by atoms with E-state index in [1.807, 2.05) is 0 Å². The van der Waals surface area contributed by atoms with E-state index < -0.39 is 23.5 Å². The largest absolute Gasteiger partial charge is 0.503 e.